The Morgan fingerprint density at radius 1 is 1.21 bits per heavy atom. The van der Waals surface area contributed by atoms with Crippen LogP contribution in [0.25, 0.3) is 0 Å². The second kappa shape index (κ2) is 7.48. The number of thioether (sulfide) groups is 1. The molecule has 6 nitrogen and oxygen atoms in total. The van der Waals surface area contributed by atoms with Gasteiger partial charge in [0, 0.05) is 37.3 Å². The number of benzene rings is 1. The van der Waals surface area contributed by atoms with Gasteiger partial charge in [-0.15, -0.1) is 11.8 Å². The predicted molar refractivity (Wildman–Crippen MR) is 92.9 cm³/mol. The third-order valence-electron chi connectivity index (χ3n) is 3.56. The van der Waals surface area contributed by atoms with Crippen LogP contribution in [0.2, 0.25) is 0 Å². The van der Waals surface area contributed by atoms with Crippen LogP contribution in [0.3, 0.4) is 0 Å². The van der Waals surface area contributed by atoms with E-state index in [1.165, 1.54) is 35.5 Å². The van der Waals surface area contributed by atoms with Crippen molar-refractivity contribution in [2.24, 2.45) is 14.1 Å². The Labute approximate surface area is 142 Å². The summed E-state index contributed by atoms with van der Waals surface area (Å²) in [6.45, 7) is 1.64. The zero-order valence-corrected chi connectivity index (χ0v) is 14.4. The quantitative estimate of drug-likeness (QED) is 0.884. The van der Waals surface area contributed by atoms with Crippen molar-refractivity contribution >= 4 is 23.4 Å². The molecule has 0 fully saturated rings. The molecule has 2 rings (SSSR count). The lowest BCUT2D eigenvalue weighted by Crippen LogP contribution is -2.37. The van der Waals surface area contributed by atoms with Crippen LogP contribution in [0.15, 0.2) is 33.9 Å². The number of hydrogen-bond donors (Lipinski definition) is 1. The van der Waals surface area contributed by atoms with Gasteiger partial charge in [0.25, 0.3) is 5.56 Å². The van der Waals surface area contributed by atoms with Crippen LogP contribution in [-0.4, -0.2) is 20.8 Å². The number of aryl methyl sites for hydroxylation is 1. The van der Waals surface area contributed by atoms with Gasteiger partial charge in [-0.2, -0.15) is 0 Å². The molecule has 0 radical (unpaired) electrons. The molecule has 0 aliphatic heterocycles. The van der Waals surface area contributed by atoms with Gasteiger partial charge in [-0.1, -0.05) is 6.07 Å². The first-order chi connectivity index (χ1) is 11.3. The second-order valence-electron chi connectivity index (χ2n) is 5.38. The molecule has 1 heterocycles. The van der Waals surface area contributed by atoms with Gasteiger partial charge in [0.15, 0.2) is 0 Å². The van der Waals surface area contributed by atoms with Crippen LogP contribution >= 0.6 is 11.8 Å². The summed E-state index contributed by atoms with van der Waals surface area (Å²) < 4.78 is 15.8. The number of rotatable bonds is 5. The molecule has 0 saturated heterocycles. The average molecular weight is 351 g/mol. The van der Waals surface area contributed by atoms with Gasteiger partial charge in [0.05, 0.1) is 5.75 Å². The predicted octanol–water partition coefficient (Wildman–Crippen LogP) is 1.40. The van der Waals surface area contributed by atoms with E-state index in [0.29, 0.717) is 22.7 Å². The van der Waals surface area contributed by atoms with E-state index < -0.39 is 5.69 Å². The molecular weight excluding hydrogens is 333 g/mol. The van der Waals surface area contributed by atoms with E-state index in [9.17, 15) is 18.8 Å². The number of halogens is 1. The zero-order valence-electron chi connectivity index (χ0n) is 13.6. The van der Waals surface area contributed by atoms with E-state index in [0.717, 1.165) is 4.57 Å². The normalized spacial score (nSPS) is 10.7. The molecule has 128 valence electrons. The molecule has 1 N–H and O–H groups in total. The lowest BCUT2D eigenvalue weighted by molar-refractivity contribution is -0.113. The molecule has 1 amide bonds. The van der Waals surface area contributed by atoms with Crippen LogP contribution in [0, 0.1) is 12.7 Å². The molecule has 0 saturated carbocycles. The summed E-state index contributed by atoms with van der Waals surface area (Å²) in [7, 11) is 2.99. The lowest BCUT2D eigenvalue weighted by atomic mass is 10.2. The Balaban J connectivity index is 1.95. The monoisotopic (exact) mass is 351 g/mol. The number of hydrogen-bond acceptors (Lipinski definition) is 4. The van der Waals surface area contributed by atoms with Crippen LogP contribution in [0.4, 0.5) is 10.1 Å². The number of carbonyl (C=O) groups excluding carboxylic acids is 1. The van der Waals surface area contributed by atoms with Crippen molar-refractivity contribution in [3.8, 4) is 0 Å². The van der Waals surface area contributed by atoms with Crippen LogP contribution in [0.1, 0.15) is 11.3 Å². The maximum Gasteiger partial charge on any atom is 0.330 e. The zero-order chi connectivity index (χ0) is 17.9. The van der Waals surface area contributed by atoms with Crippen LogP contribution in [-0.2, 0) is 24.6 Å². The third kappa shape index (κ3) is 4.14. The minimum atomic E-state index is -0.405. The fourth-order valence-electron chi connectivity index (χ4n) is 2.03. The molecule has 0 atom stereocenters. The van der Waals surface area contributed by atoms with E-state index in [1.54, 1.807) is 26.1 Å². The van der Waals surface area contributed by atoms with Crippen molar-refractivity contribution in [3.05, 3.63) is 62.2 Å². The number of nitrogens with one attached hydrogen (secondary N) is 1. The van der Waals surface area contributed by atoms with Gasteiger partial charge in [0.1, 0.15) is 5.82 Å². The standard InChI is InChI=1S/C16H18FN3O3S/c1-10-4-5-11(6-13(10)17)18-14(21)9-24-8-12-7-15(22)20(3)16(23)19(12)2/h4-7H,8-9H2,1-3H3,(H,18,21). The number of carbonyl (C=O) groups is 1. The minimum absolute atomic E-state index is 0.124. The van der Waals surface area contributed by atoms with Gasteiger partial charge in [-0.05, 0) is 24.6 Å². The number of anilines is 1. The first kappa shape index (κ1) is 18.0. The maximum atomic E-state index is 13.4. The Kier molecular flexibility index (Phi) is 5.61. The van der Waals surface area contributed by atoms with Gasteiger partial charge < -0.3 is 5.32 Å². The molecular formula is C16H18FN3O3S. The molecule has 0 unspecified atom stereocenters. The molecule has 0 aliphatic carbocycles. The first-order valence-electron chi connectivity index (χ1n) is 7.19. The highest BCUT2D eigenvalue weighted by Gasteiger charge is 2.08. The van der Waals surface area contributed by atoms with Gasteiger partial charge >= 0.3 is 5.69 Å². The highest BCUT2D eigenvalue weighted by molar-refractivity contribution is 7.99. The van der Waals surface area contributed by atoms with Crippen LogP contribution in [0.5, 0.6) is 0 Å². The number of amides is 1. The van der Waals surface area contributed by atoms with E-state index in [2.05, 4.69) is 5.32 Å². The Bertz CT molecular complexity index is 889. The molecule has 1 aromatic carbocycles. The van der Waals surface area contributed by atoms with Gasteiger partial charge in [0.2, 0.25) is 5.91 Å². The smallest absolute Gasteiger partial charge is 0.325 e. The van der Waals surface area contributed by atoms with Crippen molar-refractivity contribution in [1.82, 2.24) is 9.13 Å². The first-order valence-corrected chi connectivity index (χ1v) is 8.34. The molecule has 0 spiro atoms. The minimum Gasteiger partial charge on any atom is -0.325 e. The Hall–Kier alpha value is -2.35. The van der Waals surface area contributed by atoms with E-state index in [1.807, 2.05) is 0 Å². The third-order valence-corrected chi connectivity index (χ3v) is 4.53. The van der Waals surface area contributed by atoms with Crippen LogP contribution < -0.4 is 16.6 Å². The fourth-order valence-corrected chi connectivity index (χ4v) is 2.88. The maximum absolute atomic E-state index is 13.4. The van der Waals surface area contributed by atoms with E-state index in [4.69, 9.17) is 0 Å². The molecule has 1 aromatic heterocycles. The molecule has 8 heteroatoms. The van der Waals surface area contributed by atoms with Crippen molar-refractivity contribution in [3.63, 3.8) is 0 Å². The van der Waals surface area contributed by atoms with E-state index in [-0.39, 0.29) is 23.0 Å². The number of aromatic nitrogens is 2. The lowest BCUT2D eigenvalue weighted by Gasteiger charge is -2.09. The fraction of sp³-hybridized carbons (Fsp3) is 0.312. The molecule has 0 aliphatic rings. The van der Waals surface area contributed by atoms with Crippen molar-refractivity contribution in [2.75, 3.05) is 11.1 Å². The van der Waals surface area contributed by atoms with Crippen molar-refractivity contribution in [1.29, 1.82) is 0 Å². The van der Waals surface area contributed by atoms with Crippen molar-refractivity contribution in [2.45, 2.75) is 12.7 Å². The highest BCUT2D eigenvalue weighted by atomic mass is 32.2. The molecule has 0 bridgehead atoms. The summed E-state index contributed by atoms with van der Waals surface area (Å²) in [6, 6.07) is 5.86. The van der Waals surface area contributed by atoms with Gasteiger partial charge in [-0.25, -0.2) is 9.18 Å². The SMILES string of the molecule is Cc1ccc(NC(=O)CSCc2cc(=O)n(C)c(=O)n2C)cc1F. The number of nitrogens with zero attached hydrogens (tertiary/aromatic N) is 2. The summed E-state index contributed by atoms with van der Waals surface area (Å²) in [6.07, 6.45) is 0. The molecule has 2 aromatic rings. The summed E-state index contributed by atoms with van der Waals surface area (Å²) in [5.41, 5.74) is 0.659. The van der Waals surface area contributed by atoms with Gasteiger partial charge in [-0.3, -0.25) is 18.7 Å². The van der Waals surface area contributed by atoms with E-state index >= 15 is 0 Å². The summed E-state index contributed by atoms with van der Waals surface area (Å²) in [5, 5.41) is 2.61. The second-order valence-corrected chi connectivity index (χ2v) is 6.37. The van der Waals surface area contributed by atoms with Crippen molar-refractivity contribution < 1.29 is 9.18 Å². The average Bonchev–Trinajstić information content (AvgIpc) is 2.53. The Morgan fingerprint density at radius 3 is 2.58 bits per heavy atom. The summed E-state index contributed by atoms with van der Waals surface area (Å²) >= 11 is 1.26. The highest BCUT2D eigenvalue weighted by Crippen LogP contribution is 2.15. The summed E-state index contributed by atoms with van der Waals surface area (Å²) in [5.74, 6) is -0.191. The Morgan fingerprint density at radius 2 is 1.92 bits per heavy atom. The topological polar surface area (TPSA) is 73.1 Å². The largest absolute Gasteiger partial charge is 0.330 e. The summed E-state index contributed by atoms with van der Waals surface area (Å²) in [4.78, 5) is 35.3. The molecule has 24 heavy (non-hydrogen) atoms.